The van der Waals surface area contributed by atoms with Crippen molar-refractivity contribution in [3.05, 3.63) is 0 Å². The van der Waals surface area contributed by atoms with E-state index in [-0.39, 0.29) is 0 Å². The van der Waals surface area contributed by atoms with Gasteiger partial charge in [0.15, 0.2) is 6.29 Å². The lowest BCUT2D eigenvalue weighted by Crippen LogP contribution is -2.67. The SMILES string of the molecule is OC(O[C@H]1OC[C@@H](O)[C@H](O)[C@H]1O)[C@]1(O)OC[C@@H](O)[C@@H](O)[C@@H]1O. The summed E-state index contributed by atoms with van der Waals surface area (Å²) < 4.78 is 14.4. The second kappa shape index (κ2) is 6.59. The van der Waals surface area contributed by atoms with Crippen LogP contribution in [0.2, 0.25) is 0 Å². The van der Waals surface area contributed by atoms with Crippen molar-refractivity contribution in [2.75, 3.05) is 13.2 Å². The molecule has 0 aromatic rings. The number of hydrogen-bond acceptors (Lipinski definition) is 11. The van der Waals surface area contributed by atoms with Crippen molar-refractivity contribution in [1.82, 2.24) is 0 Å². The van der Waals surface area contributed by atoms with Gasteiger partial charge in [0.25, 0.3) is 0 Å². The van der Waals surface area contributed by atoms with Gasteiger partial charge in [0, 0.05) is 0 Å². The summed E-state index contributed by atoms with van der Waals surface area (Å²) in [4.78, 5) is 0. The highest BCUT2D eigenvalue weighted by molar-refractivity contribution is 4.94. The molecule has 0 amide bonds. The van der Waals surface area contributed by atoms with Crippen molar-refractivity contribution in [1.29, 1.82) is 0 Å². The Balaban J connectivity index is 2.03. The molecule has 11 heteroatoms. The van der Waals surface area contributed by atoms with Gasteiger partial charge in [-0.2, -0.15) is 0 Å². The summed E-state index contributed by atoms with van der Waals surface area (Å²) in [5.74, 6) is -2.79. The second-order valence-electron chi connectivity index (χ2n) is 5.30. The fourth-order valence-corrected chi connectivity index (χ4v) is 2.20. The Morgan fingerprint density at radius 1 is 0.909 bits per heavy atom. The zero-order valence-electron chi connectivity index (χ0n) is 11.3. The third-order valence-electron chi connectivity index (χ3n) is 3.70. The minimum absolute atomic E-state index is 0.404. The molecule has 2 rings (SSSR count). The molecule has 130 valence electrons. The van der Waals surface area contributed by atoms with Gasteiger partial charge in [-0.25, -0.2) is 0 Å². The van der Waals surface area contributed by atoms with Crippen LogP contribution in [0.1, 0.15) is 0 Å². The van der Waals surface area contributed by atoms with Gasteiger partial charge in [0.2, 0.25) is 12.1 Å². The number of ether oxygens (including phenoxy) is 3. The van der Waals surface area contributed by atoms with Gasteiger partial charge in [-0.15, -0.1) is 0 Å². The monoisotopic (exact) mass is 328 g/mol. The first-order valence-electron chi connectivity index (χ1n) is 6.58. The quantitative estimate of drug-likeness (QED) is 0.231. The van der Waals surface area contributed by atoms with Crippen LogP contribution in [0.5, 0.6) is 0 Å². The lowest BCUT2D eigenvalue weighted by Gasteiger charge is -2.45. The molecule has 0 spiro atoms. The van der Waals surface area contributed by atoms with Gasteiger partial charge in [-0.05, 0) is 0 Å². The van der Waals surface area contributed by atoms with Crippen LogP contribution in [0.4, 0.5) is 0 Å². The molecule has 0 aromatic heterocycles. The molecule has 0 aromatic carbocycles. The predicted molar refractivity (Wildman–Crippen MR) is 63.8 cm³/mol. The maximum absolute atomic E-state index is 10.1. The van der Waals surface area contributed by atoms with Crippen molar-refractivity contribution in [2.45, 2.75) is 55.0 Å². The predicted octanol–water partition coefficient (Wildman–Crippen LogP) is -5.44. The lowest BCUT2D eigenvalue weighted by atomic mass is 9.96. The van der Waals surface area contributed by atoms with Crippen LogP contribution in [-0.2, 0) is 14.2 Å². The van der Waals surface area contributed by atoms with E-state index < -0.39 is 68.2 Å². The van der Waals surface area contributed by atoms with E-state index in [2.05, 4.69) is 0 Å². The zero-order chi connectivity index (χ0) is 16.7. The molecule has 1 unspecified atom stereocenters. The van der Waals surface area contributed by atoms with E-state index in [4.69, 9.17) is 14.2 Å². The first-order valence-corrected chi connectivity index (χ1v) is 6.58. The standard InChI is InChI=1S/C11H20O11/c12-3-1-20-9(7(16)5(3)14)22-10(18)11(19)8(17)6(15)4(13)2-21-11/h3-10,12-19H,1-2H2/t3-,4-,5+,6-,7-,8+,9-,10?,11-/m1/s1. The Labute approximate surface area is 124 Å². The maximum Gasteiger partial charge on any atom is 0.247 e. The van der Waals surface area contributed by atoms with E-state index in [1.807, 2.05) is 0 Å². The maximum atomic E-state index is 10.1. The smallest absolute Gasteiger partial charge is 0.247 e. The molecule has 0 radical (unpaired) electrons. The van der Waals surface area contributed by atoms with Crippen LogP contribution in [0.3, 0.4) is 0 Å². The van der Waals surface area contributed by atoms with Crippen LogP contribution in [0.25, 0.3) is 0 Å². The summed E-state index contributed by atoms with van der Waals surface area (Å²) >= 11 is 0. The first kappa shape index (κ1) is 17.9. The van der Waals surface area contributed by atoms with E-state index in [9.17, 15) is 40.9 Å². The summed E-state index contributed by atoms with van der Waals surface area (Å²) in [7, 11) is 0. The molecule has 0 aliphatic carbocycles. The Morgan fingerprint density at radius 3 is 2.14 bits per heavy atom. The van der Waals surface area contributed by atoms with Crippen LogP contribution in [0, 0.1) is 0 Å². The van der Waals surface area contributed by atoms with Crippen molar-refractivity contribution in [2.24, 2.45) is 0 Å². The molecule has 2 heterocycles. The van der Waals surface area contributed by atoms with Gasteiger partial charge < -0.3 is 55.1 Å². The summed E-state index contributed by atoms with van der Waals surface area (Å²) in [6.07, 6.45) is -14.0. The van der Waals surface area contributed by atoms with E-state index in [1.54, 1.807) is 0 Å². The molecular formula is C11H20O11. The van der Waals surface area contributed by atoms with Crippen molar-refractivity contribution in [3.8, 4) is 0 Å². The highest BCUT2D eigenvalue weighted by Gasteiger charge is 2.55. The van der Waals surface area contributed by atoms with Crippen molar-refractivity contribution >= 4 is 0 Å². The van der Waals surface area contributed by atoms with Crippen LogP contribution in [-0.4, -0.2) is 109 Å². The fraction of sp³-hybridized carbons (Fsp3) is 1.00. The van der Waals surface area contributed by atoms with Crippen LogP contribution >= 0.6 is 0 Å². The Hall–Kier alpha value is -0.440. The topological polar surface area (TPSA) is 190 Å². The number of aliphatic hydroxyl groups excluding tert-OH is 7. The van der Waals surface area contributed by atoms with Gasteiger partial charge in [-0.1, -0.05) is 0 Å². The zero-order valence-corrected chi connectivity index (χ0v) is 11.3. The molecule has 11 nitrogen and oxygen atoms in total. The van der Waals surface area contributed by atoms with Gasteiger partial charge in [0.1, 0.15) is 36.6 Å². The number of rotatable bonds is 3. The van der Waals surface area contributed by atoms with Crippen molar-refractivity contribution < 1.29 is 55.1 Å². The molecule has 9 atom stereocenters. The van der Waals surface area contributed by atoms with E-state index >= 15 is 0 Å². The van der Waals surface area contributed by atoms with E-state index in [0.29, 0.717) is 0 Å². The highest BCUT2D eigenvalue weighted by atomic mass is 16.8. The Bertz CT molecular complexity index is 381. The molecular weight excluding hydrogens is 308 g/mol. The number of hydrogen-bond donors (Lipinski definition) is 8. The third kappa shape index (κ3) is 3.11. The molecule has 2 fully saturated rings. The van der Waals surface area contributed by atoms with Gasteiger partial charge >= 0.3 is 0 Å². The average Bonchev–Trinajstić information content (AvgIpc) is 2.49. The Morgan fingerprint density at radius 2 is 1.50 bits per heavy atom. The molecule has 2 saturated heterocycles. The van der Waals surface area contributed by atoms with Crippen LogP contribution < -0.4 is 0 Å². The molecule has 0 saturated carbocycles. The lowest BCUT2D eigenvalue weighted by molar-refractivity contribution is -0.418. The van der Waals surface area contributed by atoms with E-state index in [0.717, 1.165) is 0 Å². The van der Waals surface area contributed by atoms with E-state index in [1.165, 1.54) is 0 Å². The molecule has 2 aliphatic rings. The first-order chi connectivity index (χ1) is 10.2. The summed E-state index contributed by atoms with van der Waals surface area (Å²) in [5.41, 5.74) is 0. The largest absolute Gasteiger partial charge is 0.388 e. The van der Waals surface area contributed by atoms with Gasteiger partial charge in [-0.3, -0.25) is 0 Å². The van der Waals surface area contributed by atoms with Crippen molar-refractivity contribution in [3.63, 3.8) is 0 Å². The normalized spacial score (nSPS) is 51.5. The number of aliphatic hydroxyl groups is 8. The molecule has 2 aliphatic heterocycles. The van der Waals surface area contributed by atoms with Crippen LogP contribution in [0.15, 0.2) is 0 Å². The molecule has 0 bridgehead atoms. The summed E-state index contributed by atoms with van der Waals surface area (Å²) in [6.45, 7) is -0.997. The fourth-order valence-electron chi connectivity index (χ4n) is 2.20. The second-order valence-corrected chi connectivity index (χ2v) is 5.30. The summed E-state index contributed by atoms with van der Waals surface area (Å²) in [5, 5.41) is 76.8. The minimum atomic E-state index is -2.79. The third-order valence-corrected chi connectivity index (χ3v) is 3.70. The Kier molecular flexibility index (Phi) is 5.36. The summed E-state index contributed by atoms with van der Waals surface area (Å²) in [6, 6.07) is 0. The molecule has 22 heavy (non-hydrogen) atoms. The highest BCUT2D eigenvalue weighted by Crippen LogP contribution is 2.29. The molecule has 8 N–H and O–H groups in total. The minimum Gasteiger partial charge on any atom is -0.388 e. The average molecular weight is 328 g/mol. The van der Waals surface area contributed by atoms with Gasteiger partial charge in [0.05, 0.1) is 13.2 Å².